The molecule has 1 aliphatic heterocycles. The summed E-state index contributed by atoms with van der Waals surface area (Å²) in [5, 5.41) is 21.3. The second-order valence-electron chi connectivity index (χ2n) is 4.62. The van der Waals surface area contributed by atoms with Crippen molar-refractivity contribution in [1.29, 1.82) is 0 Å². The number of nitrogens with zero attached hydrogens (tertiary/aromatic N) is 2. The average Bonchev–Trinajstić information content (AvgIpc) is 2.59. The molecule has 24 heavy (non-hydrogen) atoms. The summed E-state index contributed by atoms with van der Waals surface area (Å²) < 4.78 is 14.5. The van der Waals surface area contributed by atoms with Crippen molar-refractivity contribution in [2.75, 3.05) is 32.5 Å². The Balaban J connectivity index is 2.71. The lowest BCUT2D eigenvalue weighted by Crippen LogP contribution is -2.39. The van der Waals surface area contributed by atoms with Crippen molar-refractivity contribution in [3.05, 3.63) is 39.6 Å². The summed E-state index contributed by atoms with van der Waals surface area (Å²) in [5.74, 6) is -2.23. The first-order valence-electron chi connectivity index (χ1n) is 6.63. The molecule has 0 unspecified atom stereocenters. The number of esters is 2. The minimum atomic E-state index is -0.920. The molecule has 0 aliphatic carbocycles. The Bertz CT molecular complexity index is 727. The van der Waals surface area contributed by atoms with Gasteiger partial charge in [0.25, 0.3) is 5.69 Å². The third kappa shape index (κ3) is 2.99. The molecule has 10 nitrogen and oxygen atoms in total. The molecule has 0 saturated carbocycles. The Morgan fingerprint density at radius 1 is 1.29 bits per heavy atom. The minimum absolute atomic E-state index is 0.173. The number of aromatic hydroxyl groups is 1. The molecule has 1 heterocycles. The van der Waals surface area contributed by atoms with Gasteiger partial charge < -0.3 is 24.2 Å². The zero-order valence-electron chi connectivity index (χ0n) is 12.8. The maximum absolute atomic E-state index is 12.1. The second kappa shape index (κ2) is 6.96. The van der Waals surface area contributed by atoms with Crippen LogP contribution in [-0.4, -0.2) is 49.5 Å². The quantitative estimate of drug-likeness (QED) is 0.479. The van der Waals surface area contributed by atoms with Gasteiger partial charge in [0.2, 0.25) is 0 Å². The molecule has 0 amide bonds. The van der Waals surface area contributed by atoms with Crippen LogP contribution in [-0.2, 0) is 23.8 Å². The maximum Gasteiger partial charge on any atom is 0.355 e. The summed E-state index contributed by atoms with van der Waals surface area (Å²) in [7, 11) is 2.21. The van der Waals surface area contributed by atoms with Crippen molar-refractivity contribution in [2.45, 2.75) is 0 Å². The van der Waals surface area contributed by atoms with E-state index in [1.807, 2.05) is 0 Å². The van der Waals surface area contributed by atoms with Crippen LogP contribution < -0.4 is 4.90 Å². The van der Waals surface area contributed by atoms with Crippen molar-refractivity contribution in [3.8, 4) is 5.75 Å². The zero-order valence-corrected chi connectivity index (χ0v) is 12.8. The van der Waals surface area contributed by atoms with Gasteiger partial charge in [-0.15, -0.1) is 0 Å². The van der Waals surface area contributed by atoms with Gasteiger partial charge in [0.15, 0.2) is 5.69 Å². The number of hydrogen-bond donors (Lipinski definition) is 1. The van der Waals surface area contributed by atoms with Crippen molar-refractivity contribution >= 4 is 23.3 Å². The monoisotopic (exact) mass is 338 g/mol. The molecule has 10 heteroatoms. The highest BCUT2D eigenvalue weighted by Gasteiger charge is 2.36. The number of anilines is 1. The summed E-state index contributed by atoms with van der Waals surface area (Å²) in [4.78, 5) is 35.5. The third-order valence-corrected chi connectivity index (χ3v) is 3.29. The molecular formula is C14H14N2O8. The van der Waals surface area contributed by atoms with Crippen LogP contribution in [0.15, 0.2) is 29.5 Å². The summed E-state index contributed by atoms with van der Waals surface area (Å²) in [6.45, 7) is -0.543. The lowest BCUT2D eigenvalue weighted by molar-refractivity contribution is -0.384. The van der Waals surface area contributed by atoms with Crippen LogP contribution in [0.3, 0.4) is 0 Å². The second-order valence-corrected chi connectivity index (χ2v) is 4.62. The van der Waals surface area contributed by atoms with E-state index in [1.165, 1.54) is 12.1 Å². The number of phenolic OH excluding ortho intramolecular Hbond substituents is 1. The van der Waals surface area contributed by atoms with Crippen LogP contribution in [0.5, 0.6) is 5.75 Å². The molecule has 0 fully saturated rings. The van der Waals surface area contributed by atoms with E-state index < -0.39 is 28.3 Å². The highest BCUT2D eigenvalue weighted by atomic mass is 16.6. The number of rotatable bonds is 4. The molecule has 128 valence electrons. The predicted octanol–water partition coefficient (Wildman–Crippen LogP) is 0.695. The first-order chi connectivity index (χ1) is 11.4. The number of ether oxygens (including phenoxy) is 3. The van der Waals surface area contributed by atoms with Gasteiger partial charge in [-0.2, -0.15) is 0 Å². The van der Waals surface area contributed by atoms with Crippen molar-refractivity contribution in [2.24, 2.45) is 0 Å². The van der Waals surface area contributed by atoms with Gasteiger partial charge in [0.05, 0.1) is 31.3 Å². The smallest absolute Gasteiger partial charge is 0.355 e. The van der Waals surface area contributed by atoms with Crippen molar-refractivity contribution in [3.63, 3.8) is 0 Å². The third-order valence-electron chi connectivity index (χ3n) is 3.29. The fraction of sp³-hybridized carbons (Fsp3) is 0.286. The molecule has 1 aromatic rings. The topological polar surface area (TPSA) is 128 Å². The standard InChI is InChI=1S/C14H14N2O8/c1-22-13(18)8-6-24-7-15(11(8)14(19)23-2)12-9(16(20)21)4-3-5-10(12)17/h3-5,17H,6-7H2,1-2H3. The first-order valence-corrected chi connectivity index (χ1v) is 6.63. The van der Waals surface area contributed by atoms with Crippen LogP contribution in [0.2, 0.25) is 0 Å². The number of para-hydroxylation sites is 1. The molecule has 0 atom stereocenters. The van der Waals surface area contributed by atoms with Gasteiger partial charge >= 0.3 is 11.9 Å². The zero-order chi connectivity index (χ0) is 17.9. The summed E-state index contributed by atoms with van der Waals surface area (Å²) in [6, 6.07) is 3.64. The van der Waals surface area contributed by atoms with Gasteiger partial charge in [0, 0.05) is 6.07 Å². The van der Waals surface area contributed by atoms with Crippen LogP contribution in [0.1, 0.15) is 0 Å². The molecule has 1 aliphatic rings. The van der Waals surface area contributed by atoms with E-state index in [1.54, 1.807) is 0 Å². The van der Waals surface area contributed by atoms with Gasteiger partial charge in [-0.05, 0) is 6.07 Å². The number of hydrogen-bond acceptors (Lipinski definition) is 9. The first kappa shape index (κ1) is 17.2. The van der Waals surface area contributed by atoms with Crippen LogP contribution >= 0.6 is 0 Å². The molecular weight excluding hydrogens is 324 g/mol. The average molecular weight is 338 g/mol. The summed E-state index contributed by atoms with van der Waals surface area (Å²) in [6.07, 6.45) is 0. The Morgan fingerprint density at radius 2 is 1.96 bits per heavy atom. The van der Waals surface area contributed by atoms with E-state index in [2.05, 4.69) is 9.47 Å². The van der Waals surface area contributed by atoms with Crippen LogP contribution in [0.4, 0.5) is 11.4 Å². The summed E-state index contributed by atoms with van der Waals surface area (Å²) >= 11 is 0. The van der Waals surface area contributed by atoms with Gasteiger partial charge in [-0.3, -0.25) is 10.1 Å². The fourth-order valence-electron chi connectivity index (χ4n) is 2.26. The SMILES string of the molecule is COC(=O)C1=C(C(=O)OC)N(c2c(O)cccc2[N+](=O)[O-])COC1. The van der Waals surface area contributed by atoms with E-state index >= 15 is 0 Å². The Hall–Kier alpha value is -3.14. The number of methoxy groups -OCH3 is 2. The number of benzene rings is 1. The van der Waals surface area contributed by atoms with E-state index in [0.717, 1.165) is 25.2 Å². The van der Waals surface area contributed by atoms with Crippen LogP contribution in [0.25, 0.3) is 0 Å². The molecule has 1 N–H and O–H groups in total. The highest BCUT2D eigenvalue weighted by molar-refractivity contribution is 6.04. The normalized spacial score (nSPS) is 14.3. The highest BCUT2D eigenvalue weighted by Crippen LogP contribution is 2.40. The number of nitro groups is 1. The molecule has 1 aromatic carbocycles. The number of carbonyl (C=O) groups is 2. The molecule has 0 saturated heterocycles. The molecule has 0 aromatic heterocycles. The van der Waals surface area contributed by atoms with E-state index in [-0.39, 0.29) is 30.3 Å². The Morgan fingerprint density at radius 3 is 2.54 bits per heavy atom. The molecule has 0 radical (unpaired) electrons. The van der Waals surface area contributed by atoms with Crippen LogP contribution in [0, 0.1) is 10.1 Å². The number of nitro benzene ring substituents is 1. The van der Waals surface area contributed by atoms with E-state index in [0.29, 0.717) is 0 Å². The lowest BCUT2D eigenvalue weighted by Gasteiger charge is -2.31. The van der Waals surface area contributed by atoms with Gasteiger partial charge in [0.1, 0.15) is 18.2 Å². The maximum atomic E-state index is 12.1. The van der Waals surface area contributed by atoms with Gasteiger partial charge in [-0.25, -0.2) is 9.59 Å². The van der Waals surface area contributed by atoms with Crippen molar-refractivity contribution in [1.82, 2.24) is 0 Å². The van der Waals surface area contributed by atoms with E-state index in [9.17, 15) is 24.8 Å². The molecule has 2 rings (SSSR count). The van der Waals surface area contributed by atoms with Crippen molar-refractivity contribution < 1.29 is 33.8 Å². The lowest BCUT2D eigenvalue weighted by atomic mass is 10.1. The van der Waals surface area contributed by atoms with E-state index in [4.69, 9.17) is 4.74 Å². The predicted molar refractivity (Wildman–Crippen MR) is 79.1 cm³/mol. The Labute approximate surface area is 136 Å². The molecule has 0 bridgehead atoms. The van der Waals surface area contributed by atoms with Gasteiger partial charge in [-0.1, -0.05) is 6.07 Å². The number of phenols is 1. The number of carbonyl (C=O) groups excluding carboxylic acids is 2. The minimum Gasteiger partial charge on any atom is -0.505 e. The largest absolute Gasteiger partial charge is 0.505 e. The summed E-state index contributed by atoms with van der Waals surface area (Å²) in [5.41, 5.74) is -1.22. The fourth-order valence-corrected chi connectivity index (χ4v) is 2.26. The molecule has 0 spiro atoms. The Kier molecular flexibility index (Phi) is 4.99.